The third kappa shape index (κ3) is 3.58. The van der Waals surface area contributed by atoms with Gasteiger partial charge in [-0.2, -0.15) is 5.26 Å². The van der Waals surface area contributed by atoms with E-state index in [1.54, 1.807) is 52.3 Å². The van der Waals surface area contributed by atoms with Gasteiger partial charge in [-0.25, -0.2) is 0 Å². The van der Waals surface area contributed by atoms with Gasteiger partial charge in [0.2, 0.25) is 5.88 Å². The Labute approximate surface area is 140 Å². The van der Waals surface area contributed by atoms with Gasteiger partial charge in [0, 0.05) is 11.6 Å². The van der Waals surface area contributed by atoms with Gasteiger partial charge in [0.15, 0.2) is 11.5 Å². The van der Waals surface area contributed by atoms with Crippen LogP contribution in [0.25, 0.3) is 6.08 Å². The van der Waals surface area contributed by atoms with Crippen molar-refractivity contribution in [1.29, 1.82) is 5.26 Å². The predicted molar refractivity (Wildman–Crippen MR) is 90.1 cm³/mol. The highest BCUT2D eigenvalue weighted by molar-refractivity contribution is 6.02. The molecule has 1 aromatic carbocycles. The summed E-state index contributed by atoms with van der Waals surface area (Å²) in [5.74, 6) is 1.55. The lowest BCUT2D eigenvalue weighted by molar-refractivity contribution is -0.111. The van der Waals surface area contributed by atoms with Crippen LogP contribution in [0.2, 0.25) is 0 Å². The maximum absolute atomic E-state index is 12.0. The quantitative estimate of drug-likeness (QED) is 0.851. The lowest BCUT2D eigenvalue weighted by Crippen LogP contribution is -2.08. The number of aryl methyl sites for hydroxylation is 1. The third-order valence-corrected chi connectivity index (χ3v) is 3.57. The summed E-state index contributed by atoms with van der Waals surface area (Å²) in [4.78, 5) is 12.0. The number of benzene rings is 1. The van der Waals surface area contributed by atoms with E-state index < -0.39 is 5.91 Å². The van der Waals surface area contributed by atoms with Gasteiger partial charge in [-0.05, 0) is 37.6 Å². The van der Waals surface area contributed by atoms with Crippen molar-refractivity contribution >= 4 is 17.9 Å². The number of amides is 1. The van der Waals surface area contributed by atoms with Crippen molar-refractivity contribution in [2.45, 2.75) is 13.8 Å². The lowest BCUT2D eigenvalue weighted by atomic mass is 10.2. The number of nitriles is 1. The van der Waals surface area contributed by atoms with Crippen LogP contribution in [0.5, 0.6) is 11.5 Å². The topological polar surface area (TPSA) is 84.5 Å². The number of hydrogen-bond donors (Lipinski definition) is 1. The number of rotatable bonds is 5. The second-order valence-corrected chi connectivity index (χ2v) is 5.04. The first-order chi connectivity index (χ1) is 11.5. The monoisotopic (exact) mass is 326 g/mol. The van der Waals surface area contributed by atoms with E-state index in [1.807, 2.05) is 6.07 Å². The van der Waals surface area contributed by atoms with Crippen LogP contribution >= 0.6 is 0 Å². The Bertz CT molecular complexity index is 828. The van der Waals surface area contributed by atoms with E-state index in [4.69, 9.17) is 19.2 Å². The number of methoxy groups -OCH3 is 2. The fraction of sp³-hybridized carbons (Fsp3) is 0.222. The Morgan fingerprint density at radius 1 is 1.25 bits per heavy atom. The van der Waals surface area contributed by atoms with Gasteiger partial charge < -0.3 is 13.9 Å². The third-order valence-electron chi connectivity index (χ3n) is 3.57. The highest BCUT2D eigenvalue weighted by atomic mass is 16.5. The van der Waals surface area contributed by atoms with Crippen LogP contribution in [-0.2, 0) is 4.79 Å². The van der Waals surface area contributed by atoms with Crippen molar-refractivity contribution in [2.75, 3.05) is 19.5 Å². The van der Waals surface area contributed by atoms with Gasteiger partial charge in [0.1, 0.15) is 17.4 Å². The molecule has 6 nitrogen and oxygen atoms in total. The number of nitrogens with one attached hydrogen (secondary N) is 1. The van der Waals surface area contributed by atoms with Gasteiger partial charge in [-0.15, -0.1) is 0 Å². The molecule has 0 atom stereocenters. The fourth-order valence-electron chi connectivity index (χ4n) is 2.13. The van der Waals surface area contributed by atoms with Crippen molar-refractivity contribution in [3.63, 3.8) is 0 Å². The van der Waals surface area contributed by atoms with Gasteiger partial charge in [0.05, 0.1) is 14.2 Å². The molecule has 0 aliphatic heterocycles. The highest BCUT2D eigenvalue weighted by Crippen LogP contribution is 2.28. The molecule has 124 valence electrons. The van der Waals surface area contributed by atoms with Crippen molar-refractivity contribution in [1.82, 2.24) is 0 Å². The summed E-state index contributed by atoms with van der Waals surface area (Å²) in [5, 5.41) is 11.7. The summed E-state index contributed by atoms with van der Waals surface area (Å²) < 4.78 is 15.8. The largest absolute Gasteiger partial charge is 0.493 e. The molecule has 1 aromatic heterocycles. The molecule has 0 fully saturated rings. The van der Waals surface area contributed by atoms with E-state index in [2.05, 4.69) is 5.32 Å². The molecular weight excluding hydrogens is 308 g/mol. The van der Waals surface area contributed by atoms with Gasteiger partial charge in [-0.1, -0.05) is 6.07 Å². The summed E-state index contributed by atoms with van der Waals surface area (Å²) in [6.45, 7) is 3.51. The maximum atomic E-state index is 12.0. The minimum atomic E-state index is -0.393. The maximum Gasteiger partial charge on any atom is 0.250 e. The van der Waals surface area contributed by atoms with Crippen LogP contribution < -0.4 is 14.8 Å². The zero-order chi connectivity index (χ0) is 17.7. The summed E-state index contributed by atoms with van der Waals surface area (Å²) in [5.41, 5.74) is 1.83. The number of anilines is 1. The van der Waals surface area contributed by atoms with Crippen LogP contribution in [0.3, 0.4) is 0 Å². The van der Waals surface area contributed by atoms with Crippen LogP contribution in [0.4, 0.5) is 5.88 Å². The molecule has 0 spiro atoms. The first-order valence-electron chi connectivity index (χ1n) is 7.21. The molecule has 6 heteroatoms. The Kier molecular flexibility index (Phi) is 5.27. The summed E-state index contributed by atoms with van der Waals surface area (Å²) in [6.07, 6.45) is 2.99. The Morgan fingerprint density at radius 2 is 1.96 bits per heavy atom. The molecule has 0 saturated carbocycles. The fourth-order valence-corrected chi connectivity index (χ4v) is 2.13. The Hall–Kier alpha value is -3.20. The normalized spacial score (nSPS) is 10.5. The van der Waals surface area contributed by atoms with Gasteiger partial charge in [0.25, 0.3) is 5.91 Å². The molecule has 0 aliphatic carbocycles. The standard InChI is InChI=1S/C18H18N2O4/c1-11-12(2)24-18(14(11)10-19)20-17(21)8-6-13-5-7-15(22-3)16(9-13)23-4/h5-9H,1-4H3,(H,20,21)/b8-6+. The number of carbonyl (C=O) groups excluding carboxylic acids is 1. The summed E-state index contributed by atoms with van der Waals surface area (Å²) >= 11 is 0. The molecule has 0 radical (unpaired) electrons. The van der Waals surface area contributed by atoms with E-state index >= 15 is 0 Å². The second kappa shape index (κ2) is 7.38. The molecule has 0 bridgehead atoms. The van der Waals surface area contributed by atoms with Crippen molar-refractivity contribution < 1.29 is 18.7 Å². The number of hydrogen-bond acceptors (Lipinski definition) is 5. The van der Waals surface area contributed by atoms with Crippen LogP contribution in [0.15, 0.2) is 28.7 Å². The first-order valence-corrected chi connectivity index (χ1v) is 7.21. The SMILES string of the molecule is COc1ccc(/C=C/C(=O)Nc2oc(C)c(C)c2C#N)cc1OC. The van der Waals surface area contributed by atoms with Crippen LogP contribution in [0, 0.1) is 25.2 Å². The highest BCUT2D eigenvalue weighted by Gasteiger charge is 2.15. The van der Waals surface area contributed by atoms with E-state index in [0.29, 0.717) is 22.8 Å². The molecule has 0 saturated heterocycles. The number of ether oxygens (including phenoxy) is 2. The van der Waals surface area contributed by atoms with E-state index in [1.165, 1.54) is 6.08 Å². The predicted octanol–water partition coefficient (Wildman–Crippen LogP) is 3.44. The zero-order valence-corrected chi connectivity index (χ0v) is 14.0. The van der Waals surface area contributed by atoms with Crippen molar-refractivity contribution in [3.05, 3.63) is 46.7 Å². The Balaban J connectivity index is 2.14. The average Bonchev–Trinajstić information content (AvgIpc) is 2.85. The molecule has 1 heterocycles. The minimum absolute atomic E-state index is 0.162. The summed E-state index contributed by atoms with van der Waals surface area (Å²) in [7, 11) is 3.10. The van der Waals surface area contributed by atoms with E-state index in [0.717, 1.165) is 11.1 Å². The van der Waals surface area contributed by atoms with Gasteiger partial charge >= 0.3 is 0 Å². The number of nitrogens with zero attached hydrogens (tertiary/aromatic N) is 1. The van der Waals surface area contributed by atoms with E-state index in [9.17, 15) is 4.79 Å². The smallest absolute Gasteiger partial charge is 0.250 e. The minimum Gasteiger partial charge on any atom is -0.493 e. The number of carbonyl (C=O) groups is 1. The second-order valence-electron chi connectivity index (χ2n) is 5.04. The van der Waals surface area contributed by atoms with Gasteiger partial charge in [-0.3, -0.25) is 10.1 Å². The molecule has 0 aliphatic rings. The molecule has 2 aromatic rings. The molecule has 2 rings (SSSR count). The lowest BCUT2D eigenvalue weighted by Gasteiger charge is -2.07. The Morgan fingerprint density at radius 3 is 2.58 bits per heavy atom. The molecular formula is C18H18N2O4. The van der Waals surface area contributed by atoms with Crippen LogP contribution in [0.1, 0.15) is 22.5 Å². The van der Waals surface area contributed by atoms with E-state index in [-0.39, 0.29) is 5.88 Å². The molecule has 24 heavy (non-hydrogen) atoms. The van der Waals surface area contributed by atoms with Crippen LogP contribution in [-0.4, -0.2) is 20.1 Å². The summed E-state index contributed by atoms with van der Waals surface area (Å²) in [6, 6.07) is 7.34. The molecule has 1 N–H and O–H groups in total. The van der Waals surface area contributed by atoms with Crippen molar-refractivity contribution in [3.8, 4) is 17.6 Å². The molecule has 0 unspecified atom stereocenters. The molecule has 1 amide bonds. The van der Waals surface area contributed by atoms with Crippen molar-refractivity contribution in [2.24, 2.45) is 0 Å². The zero-order valence-electron chi connectivity index (χ0n) is 14.0. The first kappa shape index (κ1) is 17.2. The number of furan rings is 1. The average molecular weight is 326 g/mol.